The molecule has 1 aliphatic heterocycles. The highest BCUT2D eigenvalue weighted by molar-refractivity contribution is 5.43. The second-order valence-corrected chi connectivity index (χ2v) is 5.22. The third kappa shape index (κ3) is 5.28. The number of ether oxygens (including phenoxy) is 1. The lowest BCUT2D eigenvalue weighted by Gasteiger charge is -2.28. The summed E-state index contributed by atoms with van der Waals surface area (Å²) < 4.78 is 80.6. The van der Waals surface area contributed by atoms with E-state index in [1.807, 2.05) is 4.90 Å². The standard InChI is InChI=1S/C14H16F6N2O/c15-13(16,17)9-23-12-10(8-22-6-4-21-5-7-22)2-1-3-11(12)14(18,19)20/h1-3,21H,4-9H2. The highest BCUT2D eigenvalue weighted by atomic mass is 19.4. The van der Waals surface area contributed by atoms with Crippen LogP contribution in [-0.4, -0.2) is 43.9 Å². The van der Waals surface area contributed by atoms with Crippen molar-refractivity contribution in [3.8, 4) is 5.75 Å². The average Bonchev–Trinajstić information content (AvgIpc) is 2.45. The number of hydrogen-bond acceptors (Lipinski definition) is 3. The quantitative estimate of drug-likeness (QED) is 0.852. The summed E-state index contributed by atoms with van der Waals surface area (Å²) in [5.41, 5.74) is -1.08. The Hall–Kier alpha value is -1.48. The molecule has 23 heavy (non-hydrogen) atoms. The maximum atomic E-state index is 13.0. The maximum absolute atomic E-state index is 13.0. The van der Waals surface area contributed by atoms with Crippen LogP contribution in [-0.2, 0) is 12.7 Å². The number of alkyl halides is 6. The van der Waals surface area contributed by atoms with Crippen LogP contribution in [0.25, 0.3) is 0 Å². The highest BCUT2D eigenvalue weighted by Gasteiger charge is 2.37. The van der Waals surface area contributed by atoms with Crippen LogP contribution in [0.15, 0.2) is 18.2 Å². The minimum atomic E-state index is -4.78. The van der Waals surface area contributed by atoms with E-state index in [0.717, 1.165) is 6.07 Å². The van der Waals surface area contributed by atoms with Gasteiger partial charge in [-0.3, -0.25) is 4.90 Å². The van der Waals surface area contributed by atoms with Crippen molar-refractivity contribution in [3.05, 3.63) is 29.3 Å². The van der Waals surface area contributed by atoms with Gasteiger partial charge in [0.25, 0.3) is 0 Å². The SMILES string of the molecule is FC(F)(F)COc1c(CN2CCNCC2)cccc1C(F)(F)F. The van der Waals surface area contributed by atoms with Crippen LogP contribution in [0.1, 0.15) is 11.1 Å². The van der Waals surface area contributed by atoms with Crippen LogP contribution in [0.3, 0.4) is 0 Å². The van der Waals surface area contributed by atoms with E-state index in [2.05, 4.69) is 10.1 Å². The number of nitrogens with one attached hydrogen (secondary N) is 1. The van der Waals surface area contributed by atoms with Gasteiger partial charge in [-0.1, -0.05) is 12.1 Å². The van der Waals surface area contributed by atoms with Crippen molar-refractivity contribution >= 4 is 0 Å². The van der Waals surface area contributed by atoms with Crippen molar-refractivity contribution in [3.63, 3.8) is 0 Å². The van der Waals surface area contributed by atoms with Crippen molar-refractivity contribution in [1.82, 2.24) is 10.2 Å². The first-order chi connectivity index (χ1) is 10.7. The molecule has 1 aromatic rings. The number of para-hydroxylation sites is 1. The molecular weight excluding hydrogens is 326 g/mol. The zero-order valence-corrected chi connectivity index (χ0v) is 12.1. The Morgan fingerprint density at radius 3 is 2.26 bits per heavy atom. The molecule has 130 valence electrons. The first-order valence-electron chi connectivity index (χ1n) is 6.98. The molecule has 3 nitrogen and oxygen atoms in total. The zero-order valence-electron chi connectivity index (χ0n) is 12.1. The van der Waals surface area contributed by atoms with Crippen LogP contribution in [0.2, 0.25) is 0 Å². The summed E-state index contributed by atoms with van der Waals surface area (Å²) in [6, 6.07) is 3.27. The summed E-state index contributed by atoms with van der Waals surface area (Å²) >= 11 is 0. The van der Waals surface area contributed by atoms with Gasteiger partial charge in [-0.25, -0.2) is 0 Å². The summed E-state index contributed by atoms with van der Waals surface area (Å²) in [4.78, 5) is 1.87. The van der Waals surface area contributed by atoms with Gasteiger partial charge in [-0.15, -0.1) is 0 Å². The molecule has 9 heteroatoms. The molecule has 0 bridgehead atoms. The van der Waals surface area contributed by atoms with Gasteiger partial charge in [0, 0.05) is 38.3 Å². The Morgan fingerprint density at radius 1 is 1.04 bits per heavy atom. The van der Waals surface area contributed by atoms with E-state index < -0.39 is 30.3 Å². The van der Waals surface area contributed by atoms with E-state index in [1.165, 1.54) is 12.1 Å². The first kappa shape index (κ1) is 17.9. The fraction of sp³-hybridized carbons (Fsp3) is 0.571. The first-order valence-corrected chi connectivity index (χ1v) is 6.98. The van der Waals surface area contributed by atoms with Crippen LogP contribution in [0.5, 0.6) is 5.75 Å². The lowest BCUT2D eigenvalue weighted by atomic mass is 10.1. The molecule has 0 radical (unpaired) electrons. The number of benzene rings is 1. The number of hydrogen-bond donors (Lipinski definition) is 1. The topological polar surface area (TPSA) is 24.5 Å². The van der Waals surface area contributed by atoms with E-state index in [9.17, 15) is 26.3 Å². The Kier molecular flexibility index (Phi) is 5.41. The van der Waals surface area contributed by atoms with Crippen molar-refractivity contribution in [1.29, 1.82) is 0 Å². The molecule has 0 amide bonds. The number of halogens is 6. The molecule has 0 spiro atoms. The molecule has 1 saturated heterocycles. The molecule has 1 aliphatic rings. The van der Waals surface area contributed by atoms with Gasteiger partial charge in [0.05, 0.1) is 5.56 Å². The molecule has 1 N–H and O–H groups in total. The fourth-order valence-electron chi connectivity index (χ4n) is 2.37. The summed E-state index contributed by atoms with van der Waals surface area (Å²) in [5.74, 6) is -0.740. The van der Waals surface area contributed by atoms with E-state index in [1.54, 1.807) is 0 Å². The van der Waals surface area contributed by atoms with Crippen LogP contribution in [0, 0.1) is 0 Å². The third-order valence-corrected chi connectivity index (χ3v) is 3.39. The molecule has 0 unspecified atom stereocenters. The molecule has 0 aromatic heterocycles. The second kappa shape index (κ2) is 6.96. The smallest absolute Gasteiger partial charge is 0.422 e. The molecule has 1 aromatic carbocycles. The van der Waals surface area contributed by atoms with E-state index in [0.29, 0.717) is 26.2 Å². The van der Waals surface area contributed by atoms with Gasteiger partial charge in [0.1, 0.15) is 5.75 Å². The molecule has 1 heterocycles. The Labute approximate surface area is 129 Å². The highest BCUT2D eigenvalue weighted by Crippen LogP contribution is 2.39. The minimum absolute atomic E-state index is 0.103. The molecule has 0 atom stereocenters. The lowest BCUT2D eigenvalue weighted by Crippen LogP contribution is -2.43. The number of nitrogens with zero attached hydrogens (tertiary/aromatic N) is 1. The van der Waals surface area contributed by atoms with Crippen LogP contribution < -0.4 is 10.1 Å². The van der Waals surface area contributed by atoms with Gasteiger partial charge >= 0.3 is 12.4 Å². The van der Waals surface area contributed by atoms with Crippen molar-refractivity contribution in [2.45, 2.75) is 18.9 Å². The van der Waals surface area contributed by atoms with E-state index in [-0.39, 0.29) is 12.1 Å². The Bertz CT molecular complexity index is 523. The zero-order chi connectivity index (χ0) is 17.1. The second-order valence-electron chi connectivity index (χ2n) is 5.22. The molecule has 1 fully saturated rings. The normalized spacial score (nSPS) is 17.3. The van der Waals surface area contributed by atoms with Gasteiger partial charge in [-0.05, 0) is 6.07 Å². The lowest BCUT2D eigenvalue weighted by molar-refractivity contribution is -0.159. The van der Waals surface area contributed by atoms with E-state index in [4.69, 9.17) is 0 Å². The van der Waals surface area contributed by atoms with Crippen molar-refractivity contribution < 1.29 is 31.1 Å². The monoisotopic (exact) mass is 342 g/mol. The predicted octanol–water partition coefficient (Wildman–Crippen LogP) is 3.05. The molecule has 0 aliphatic carbocycles. The maximum Gasteiger partial charge on any atom is 0.422 e. The number of rotatable bonds is 4. The number of piperazine rings is 1. The van der Waals surface area contributed by atoms with Crippen molar-refractivity contribution in [2.24, 2.45) is 0 Å². The summed E-state index contributed by atoms with van der Waals surface area (Å²) in [7, 11) is 0. The molecule has 2 rings (SSSR count). The van der Waals surface area contributed by atoms with Crippen molar-refractivity contribution in [2.75, 3.05) is 32.8 Å². The van der Waals surface area contributed by atoms with Gasteiger partial charge in [-0.2, -0.15) is 26.3 Å². The Balaban J connectivity index is 2.28. The third-order valence-electron chi connectivity index (χ3n) is 3.39. The van der Waals surface area contributed by atoms with Gasteiger partial charge in [0.2, 0.25) is 0 Å². The predicted molar refractivity (Wildman–Crippen MR) is 71.1 cm³/mol. The van der Waals surface area contributed by atoms with Crippen LogP contribution >= 0.6 is 0 Å². The fourth-order valence-corrected chi connectivity index (χ4v) is 2.37. The van der Waals surface area contributed by atoms with Gasteiger partial charge in [0.15, 0.2) is 6.61 Å². The summed E-state index contributed by atoms with van der Waals surface area (Å²) in [6.07, 6.45) is -9.48. The molecule has 0 saturated carbocycles. The molecular formula is C14H16F6N2O. The van der Waals surface area contributed by atoms with E-state index >= 15 is 0 Å². The van der Waals surface area contributed by atoms with Gasteiger partial charge < -0.3 is 10.1 Å². The average molecular weight is 342 g/mol. The Morgan fingerprint density at radius 2 is 1.70 bits per heavy atom. The largest absolute Gasteiger partial charge is 0.483 e. The van der Waals surface area contributed by atoms with Crippen LogP contribution in [0.4, 0.5) is 26.3 Å². The summed E-state index contributed by atoms with van der Waals surface area (Å²) in [6.45, 7) is 0.923. The summed E-state index contributed by atoms with van der Waals surface area (Å²) in [5, 5.41) is 3.09. The minimum Gasteiger partial charge on any atom is -0.483 e.